The highest BCUT2D eigenvalue weighted by atomic mass is 16.1. The highest BCUT2D eigenvalue weighted by Gasteiger charge is 1.99. The summed E-state index contributed by atoms with van der Waals surface area (Å²) in [4.78, 5) is 10.9. The maximum Gasteiger partial charge on any atom is 0.221 e. The van der Waals surface area contributed by atoms with Crippen molar-refractivity contribution in [3.8, 4) is 11.1 Å². The number of anilines is 1. The maximum atomic E-state index is 10.9. The molecule has 1 radical (unpaired) electrons. The lowest BCUT2D eigenvalue weighted by molar-refractivity contribution is -0.114. The first-order valence-electron chi connectivity index (χ1n) is 5.10. The van der Waals surface area contributed by atoms with Crippen molar-refractivity contribution in [1.29, 1.82) is 0 Å². The van der Waals surface area contributed by atoms with E-state index in [0.717, 1.165) is 16.8 Å². The van der Waals surface area contributed by atoms with Gasteiger partial charge in [0.1, 0.15) is 0 Å². The van der Waals surface area contributed by atoms with Gasteiger partial charge in [-0.15, -0.1) is 0 Å². The molecular weight excluding hydrogens is 198 g/mol. The van der Waals surface area contributed by atoms with Gasteiger partial charge in [-0.2, -0.15) is 0 Å². The first kappa shape index (κ1) is 10.4. The summed E-state index contributed by atoms with van der Waals surface area (Å²) < 4.78 is 0. The number of amides is 1. The van der Waals surface area contributed by atoms with Crippen molar-refractivity contribution in [2.75, 3.05) is 5.32 Å². The molecule has 0 saturated carbocycles. The Kier molecular flexibility index (Phi) is 3.01. The summed E-state index contributed by atoms with van der Waals surface area (Å²) in [7, 11) is 0. The van der Waals surface area contributed by atoms with Crippen LogP contribution >= 0.6 is 0 Å². The first-order chi connectivity index (χ1) is 7.75. The predicted octanol–water partition coefficient (Wildman–Crippen LogP) is 3.11. The molecule has 0 saturated heterocycles. The van der Waals surface area contributed by atoms with Gasteiger partial charge in [0.25, 0.3) is 0 Å². The van der Waals surface area contributed by atoms with Crippen molar-refractivity contribution >= 4 is 11.6 Å². The lowest BCUT2D eigenvalue weighted by Gasteiger charge is -2.05. The number of rotatable bonds is 2. The van der Waals surface area contributed by atoms with Gasteiger partial charge in [-0.3, -0.25) is 4.79 Å². The Morgan fingerprint density at radius 3 is 2.69 bits per heavy atom. The van der Waals surface area contributed by atoms with Crippen LogP contribution in [0.15, 0.2) is 48.5 Å². The fourth-order valence-corrected chi connectivity index (χ4v) is 1.55. The molecule has 1 N–H and O–H groups in total. The summed E-state index contributed by atoms with van der Waals surface area (Å²) in [5.74, 6) is -0.0585. The zero-order chi connectivity index (χ0) is 11.4. The zero-order valence-electron chi connectivity index (χ0n) is 9.03. The summed E-state index contributed by atoms with van der Waals surface area (Å²) in [6, 6.07) is 18.5. The molecule has 0 bridgehead atoms. The van der Waals surface area contributed by atoms with E-state index in [1.165, 1.54) is 6.92 Å². The summed E-state index contributed by atoms with van der Waals surface area (Å²) in [6.45, 7) is 1.50. The van der Waals surface area contributed by atoms with Crippen LogP contribution in [0.5, 0.6) is 0 Å². The number of carbonyl (C=O) groups is 1. The molecule has 2 aromatic rings. The minimum Gasteiger partial charge on any atom is -0.326 e. The van der Waals surface area contributed by atoms with Crippen LogP contribution in [0, 0.1) is 6.07 Å². The number of benzene rings is 2. The van der Waals surface area contributed by atoms with Gasteiger partial charge < -0.3 is 5.32 Å². The maximum absolute atomic E-state index is 10.9. The van der Waals surface area contributed by atoms with Crippen molar-refractivity contribution < 1.29 is 4.79 Å². The van der Waals surface area contributed by atoms with Crippen LogP contribution in [-0.4, -0.2) is 5.91 Å². The third kappa shape index (κ3) is 2.48. The molecule has 0 atom stereocenters. The van der Waals surface area contributed by atoms with E-state index in [0.29, 0.717) is 0 Å². The number of hydrogen-bond acceptors (Lipinski definition) is 1. The lowest BCUT2D eigenvalue weighted by atomic mass is 10.1. The summed E-state index contributed by atoms with van der Waals surface area (Å²) in [5.41, 5.74) is 2.98. The van der Waals surface area contributed by atoms with E-state index in [9.17, 15) is 4.79 Å². The second-order valence-electron chi connectivity index (χ2n) is 3.55. The van der Waals surface area contributed by atoms with Gasteiger partial charge in [-0.1, -0.05) is 30.3 Å². The molecule has 1 amide bonds. The van der Waals surface area contributed by atoms with Gasteiger partial charge in [0.05, 0.1) is 0 Å². The molecule has 2 heteroatoms. The minimum atomic E-state index is -0.0585. The Balaban J connectivity index is 2.33. The van der Waals surface area contributed by atoms with E-state index in [4.69, 9.17) is 0 Å². The molecular formula is C14H12NO. The highest BCUT2D eigenvalue weighted by Crippen LogP contribution is 2.21. The first-order valence-corrected chi connectivity index (χ1v) is 5.10. The molecule has 2 rings (SSSR count). The van der Waals surface area contributed by atoms with E-state index in [1.807, 2.05) is 48.5 Å². The molecule has 0 aromatic heterocycles. The molecule has 0 aliphatic rings. The second kappa shape index (κ2) is 4.62. The van der Waals surface area contributed by atoms with E-state index in [2.05, 4.69) is 11.4 Å². The Hall–Kier alpha value is -2.09. The Bertz CT molecular complexity index is 491. The second-order valence-corrected chi connectivity index (χ2v) is 3.55. The number of nitrogens with one attached hydrogen (secondary N) is 1. The van der Waals surface area contributed by atoms with Crippen LogP contribution < -0.4 is 5.32 Å². The van der Waals surface area contributed by atoms with Crippen LogP contribution in [0.4, 0.5) is 5.69 Å². The largest absolute Gasteiger partial charge is 0.326 e. The van der Waals surface area contributed by atoms with Crippen molar-refractivity contribution in [3.63, 3.8) is 0 Å². The van der Waals surface area contributed by atoms with Crippen molar-refractivity contribution in [1.82, 2.24) is 0 Å². The highest BCUT2D eigenvalue weighted by molar-refractivity contribution is 5.89. The van der Waals surface area contributed by atoms with Gasteiger partial charge >= 0.3 is 0 Å². The Morgan fingerprint density at radius 1 is 1.19 bits per heavy atom. The summed E-state index contributed by atoms with van der Waals surface area (Å²) >= 11 is 0. The van der Waals surface area contributed by atoms with Crippen LogP contribution in [0.25, 0.3) is 11.1 Å². The van der Waals surface area contributed by atoms with Crippen LogP contribution in [0.3, 0.4) is 0 Å². The molecule has 0 spiro atoms. The number of carbonyl (C=O) groups excluding carboxylic acids is 1. The molecule has 0 aliphatic carbocycles. The SMILES string of the molecule is CC(=O)Nc1cccc(-c2c[c]ccc2)c1. The van der Waals surface area contributed by atoms with Crippen LogP contribution in [0.1, 0.15) is 6.92 Å². The molecule has 0 unspecified atom stereocenters. The average Bonchev–Trinajstić information content (AvgIpc) is 2.30. The van der Waals surface area contributed by atoms with Crippen molar-refractivity contribution in [2.45, 2.75) is 6.92 Å². The van der Waals surface area contributed by atoms with Gasteiger partial charge in [0.15, 0.2) is 0 Å². The average molecular weight is 210 g/mol. The van der Waals surface area contributed by atoms with Crippen molar-refractivity contribution in [3.05, 3.63) is 54.6 Å². The fraction of sp³-hybridized carbons (Fsp3) is 0.0714. The normalized spacial score (nSPS) is 9.81. The monoisotopic (exact) mass is 210 g/mol. The smallest absolute Gasteiger partial charge is 0.221 e. The van der Waals surface area contributed by atoms with Crippen molar-refractivity contribution in [2.24, 2.45) is 0 Å². The molecule has 0 heterocycles. The molecule has 0 aliphatic heterocycles. The topological polar surface area (TPSA) is 29.1 Å². The molecule has 2 nitrogen and oxygen atoms in total. The minimum absolute atomic E-state index is 0.0585. The summed E-state index contributed by atoms with van der Waals surface area (Å²) in [5, 5.41) is 2.77. The molecule has 16 heavy (non-hydrogen) atoms. The third-order valence-corrected chi connectivity index (χ3v) is 2.22. The van der Waals surface area contributed by atoms with Crippen LogP contribution in [0.2, 0.25) is 0 Å². The molecule has 0 fully saturated rings. The number of hydrogen-bond donors (Lipinski definition) is 1. The van der Waals surface area contributed by atoms with Gasteiger partial charge in [-0.05, 0) is 35.4 Å². The Morgan fingerprint density at radius 2 is 2.00 bits per heavy atom. The standard InChI is InChI=1S/C14H12NO/c1-11(16)15-14-9-5-8-13(10-14)12-6-3-2-4-7-12/h2-3,5-10H,1H3,(H,15,16). The molecule has 2 aromatic carbocycles. The Labute approximate surface area is 94.9 Å². The quantitative estimate of drug-likeness (QED) is 0.810. The fourth-order valence-electron chi connectivity index (χ4n) is 1.55. The zero-order valence-corrected chi connectivity index (χ0v) is 9.03. The van der Waals surface area contributed by atoms with Gasteiger partial charge in [-0.25, -0.2) is 0 Å². The third-order valence-electron chi connectivity index (χ3n) is 2.22. The van der Waals surface area contributed by atoms with E-state index in [1.54, 1.807) is 0 Å². The van der Waals surface area contributed by atoms with Gasteiger partial charge in [0, 0.05) is 12.6 Å². The molecule has 79 valence electrons. The van der Waals surface area contributed by atoms with Crippen LogP contribution in [-0.2, 0) is 4.79 Å². The van der Waals surface area contributed by atoms with E-state index < -0.39 is 0 Å². The van der Waals surface area contributed by atoms with E-state index >= 15 is 0 Å². The summed E-state index contributed by atoms with van der Waals surface area (Å²) in [6.07, 6.45) is 0. The predicted molar refractivity (Wildman–Crippen MR) is 65.0 cm³/mol. The van der Waals surface area contributed by atoms with Gasteiger partial charge in [0.2, 0.25) is 5.91 Å². The lowest BCUT2D eigenvalue weighted by Crippen LogP contribution is -2.05. The van der Waals surface area contributed by atoms with E-state index in [-0.39, 0.29) is 5.91 Å².